The van der Waals surface area contributed by atoms with Crippen LogP contribution in [-0.2, 0) is 16.0 Å². The maximum Gasteiger partial charge on any atom is 0.339 e. The largest absolute Gasteiger partial charge is 0.451 e. The van der Waals surface area contributed by atoms with E-state index in [2.05, 4.69) is 0 Å². The second-order valence-electron chi connectivity index (χ2n) is 2.94. The predicted molar refractivity (Wildman–Crippen MR) is 45.4 cm³/mol. The van der Waals surface area contributed by atoms with Gasteiger partial charge in [0.05, 0.1) is 5.56 Å². The Morgan fingerprint density at radius 1 is 1.38 bits per heavy atom. The maximum absolute atomic E-state index is 11.3. The molecule has 13 heavy (non-hydrogen) atoms. The van der Waals surface area contributed by atoms with Gasteiger partial charge in [-0.1, -0.05) is 18.2 Å². The molecule has 0 bridgehead atoms. The molecule has 0 radical (unpaired) electrons. The zero-order valence-corrected chi connectivity index (χ0v) is 6.90. The molecule has 2 rings (SSSR count). The molecule has 0 aromatic heterocycles. The molecule has 0 fully saturated rings. The topological polar surface area (TPSA) is 43.4 Å². The van der Waals surface area contributed by atoms with E-state index in [9.17, 15) is 9.59 Å². The first-order valence-corrected chi connectivity index (χ1v) is 4.05. The van der Waals surface area contributed by atoms with Gasteiger partial charge in [0.2, 0.25) is 0 Å². The summed E-state index contributed by atoms with van der Waals surface area (Å²) in [7, 11) is 0. The van der Waals surface area contributed by atoms with E-state index in [1.165, 1.54) is 0 Å². The molecular weight excluding hydrogens is 168 g/mol. The molecule has 3 heteroatoms. The highest BCUT2D eigenvalue weighted by Crippen LogP contribution is 2.19. The third-order valence-corrected chi connectivity index (χ3v) is 2.07. The lowest BCUT2D eigenvalue weighted by atomic mass is 9.99. The minimum Gasteiger partial charge on any atom is -0.451 e. The summed E-state index contributed by atoms with van der Waals surface area (Å²) in [5.41, 5.74) is 1.46. The van der Waals surface area contributed by atoms with Crippen LogP contribution in [0.15, 0.2) is 24.3 Å². The fourth-order valence-electron chi connectivity index (χ4n) is 1.43. The van der Waals surface area contributed by atoms with E-state index >= 15 is 0 Å². The van der Waals surface area contributed by atoms with Crippen molar-refractivity contribution in [2.45, 2.75) is 12.5 Å². The summed E-state index contributed by atoms with van der Waals surface area (Å²) in [5.74, 6) is -0.404. The van der Waals surface area contributed by atoms with Crippen LogP contribution >= 0.6 is 0 Å². The van der Waals surface area contributed by atoms with Gasteiger partial charge in [-0.05, 0) is 11.6 Å². The normalized spacial score (nSPS) is 20.3. The summed E-state index contributed by atoms with van der Waals surface area (Å²) < 4.78 is 4.85. The van der Waals surface area contributed by atoms with Crippen molar-refractivity contribution >= 4 is 12.3 Å². The average molecular weight is 176 g/mol. The highest BCUT2D eigenvalue weighted by molar-refractivity contribution is 5.93. The molecule has 0 amide bonds. The van der Waals surface area contributed by atoms with Crippen LogP contribution in [0, 0.1) is 0 Å². The van der Waals surface area contributed by atoms with E-state index in [0.717, 1.165) is 5.56 Å². The first-order chi connectivity index (χ1) is 6.31. The molecule has 1 unspecified atom stereocenters. The minimum atomic E-state index is -0.609. The van der Waals surface area contributed by atoms with Crippen molar-refractivity contribution in [1.29, 1.82) is 0 Å². The van der Waals surface area contributed by atoms with E-state index < -0.39 is 12.1 Å². The molecule has 0 spiro atoms. The third-order valence-electron chi connectivity index (χ3n) is 2.07. The zero-order chi connectivity index (χ0) is 9.26. The van der Waals surface area contributed by atoms with E-state index in [0.29, 0.717) is 18.3 Å². The van der Waals surface area contributed by atoms with Crippen molar-refractivity contribution in [3.63, 3.8) is 0 Å². The number of cyclic esters (lactones) is 1. The van der Waals surface area contributed by atoms with Crippen LogP contribution in [-0.4, -0.2) is 18.4 Å². The molecule has 0 saturated heterocycles. The van der Waals surface area contributed by atoms with Gasteiger partial charge in [0.15, 0.2) is 12.4 Å². The SMILES string of the molecule is O=CC1Cc2ccccc2C(=O)O1. The Balaban J connectivity index is 2.42. The summed E-state index contributed by atoms with van der Waals surface area (Å²) >= 11 is 0. The number of rotatable bonds is 1. The Morgan fingerprint density at radius 3 is 2.92 bits per heavy atom. The molecule has 0 aliphatic carbocycles. The van der Waals surface area contributed by atoms with Gasteiger partial charge in [0.1, 0.15) is 0 Å². The van der Waals surface area contributed by atoms with Crippen molar-refractivity contribution in [2.75, 3.05) is 0 Å². The van der Waals surface area contributed by atoms with Crippen LogP contribution < -0.4 is 0 Å². The number of hydrogen-bond acceptors (Lipinski definition) is 3. The Kier molecular flexibility index (Phi) is 1.85. The number of esters is 1. The Labute approximate surface area is 75.3 Å². The number of carbonyl (C=O) groups is 2. The van der Waals surface area contributed by atoms with Crippen LogP contribution in [0.5, 0.6) is 0 Å². The third kappa shape index (κ3) is 1.33. The number of fused-ring (bicyclic) bond motifs is 1. The fraction of sp³-hybridized carbons (Fsp3) is 0.200. The molecule has 3 nitrogen and oxygen atoms in total. The Bertz CT molecular complexity index is 357. The van der Waals surface area contributed by atoms with Crippen molar-refractivity contribution < 1.29 is 14.3 Å². The maximum atomic E-state index is 11.3. The highest BCUT2D eigenvalue weighted by atomic mass is 16.5. The lowest BCUT2D eigenvalue weighted by Gasteiger charge is -2.19. The molecular formula is C10H8O3. The lowest BCUT2D eigenvalue weighted by Crippen LogP contribution is -2.28. The van der Waals surface area contributed by atoms with E-state index in [4.69, 9.17) is 4.74 Å². The smallest absolute Gasteiger partial charge is 0.339 e. The molecule has 1 atom stereocenters. The first-order valence-electron chi connectivity index (χ1n) is 4.05. The summed E-state index contributed by atoms with van der Waals surface area (Å²) in [6.45, 7) is 0. The summed E-state index contributed by atoms with van der Waals surface area (Å²) in [6, 6.07) is 7.17. The Morgan fingerprint density at radius 2 is 2.15 bits per heavy atom. The van der Waals surface area contributed by atoms with Crippen molar-refractivity contribution in [3.05, 3.63) is 35.4 Å². The molecule has 66 valence electrons. The van der Waals surface area contributed by atoms with E-state index in [-0.39, 0.29) is 0 Å². The van der Waals surface area contributed by atoms with Gasteiger partial charge in [0.25, 0.3) is 0 Å². The molecule has 1 heterocycles. The van der Waals surface area contributed by atoms with Crippen LogP contribution in [0.4, 0.5) is 0 Å². The van der Waals surface area contributed by atoms with Crippen LogP contribution in [0.2, 0.25) is 0 Å². The van der Waals surface area contributed by atoms with Gasteiger partial charge in [-0.25, -0.2) is 4.79 Å². The number of ether oxygens (including phenoxy) is 1. The molecule has 0 saturated carbocycles. The summed E-state index contributed by atoms with van der Waals surface area (Å²) in [6.07, 6.45) is 0.543. The van der Waals surface area contributed by atoms with Gasteiger partial charge in [-0.2, -0.15) is 0 Å². The van der Waals surface area contributed by atoms with Crippen molar-refractivity contribution in [2.24, 2.45) is 0 Å². The quantitative estimate of drug-likeness (QED) is 0.473. The second-order valence-corrected chi connectivity index (χ2v) is 2.94. The molecule has 1 aliphatic rings. The molecule has 1 aromatic rings. The minimum absolute atomic E-state index is 0.404. The number of hydrogen-bond donors (Lipinski definition) is 0. The lowest BCUT2D eigenvalue weighted by molar-refractivity contribution is -0.115. The van der Waals surface area contributed by atoms with E-state index in [1.807, 2.05) is 12.1 Å². The van der Waals surface area contributed by atoms with Gasteiger partial charge in [-0.15, -0.1) is 0 Å². The van der Waals surface area contributed by atoms with Crippen molar-refractivity contribution in [1.82, 2.24) is 0 Å². The van der Waals surface area contributed by atoms with Gasteiger partial charge in [-0.3, -0.25) is 4.79 Å². The molecule has 0 N–H and O–H groups in total. The number of carbonyl (C=O) groups excluding carboxylic acids is 2. The van der Waals surface area contributed by atoms with E-state index in [1.54, 1.807) is 12.1 Å². The van der Waals surface area contributed by atoms with Crippen LogP contribution in [0.1, 0.15) is 15.9 Å². The number of benzene rings is 1. The van der Waals surface area contributed by atoms with Gasteiger partial charge in [0, 0.05) is 6.42 Å². The second kappa shape index (κ2) is 3.01. The van der Waals surface area contributed by atoms with Crippen LogP contribution in [0.25, 0.3) is 0 Å². The van der Waals surface area contributed by atoms with Crippen LogP contribution in [0.3, 0.4) is 0 Å². The van der Waals surface area contributed by atoms with Gasteiger partial charge >= 0.3 is 5.97 Å². The zero-order valence-electron chi connectivity index (χ0n) is 6.90. The highest BCUT2D eigenvalue weighted by Gasteiger charge is 2.24. The average Bonchev–Trinajstić information content (AvgIpc) is 2.18. The molecule has 1 aromatic carbocycles. The Hall–Kier alpha value is -1.64. The monoisotopic (exact) mass is 176 g/mol. The predicted octanol–water partition coefficient (Wildman–Crippen LogP) is 0.967. The summed E-state index contributed by atoms with van der Waals surface area (Å²) in [4.78, 5) is 21.7. The molecule has 1 aliphatic heterocycles. The first kappa shape index (κ1) is 7.98. The fourth-order valence-corrected chi connectivity index (χ4v) is 1.43. The summed E-state index contributed by atoms with van der Waals surface area (Å²) in [5, 5.41) is 0. The number of aldehydes is 1. The van der Waals surface area contributed by atoms with Gasteiger partial charge < -0.3 is 4.74 Å². The standard InChI is InChI=1S/C10H8O3/c11-6-8-5-7-3-1-2-4-9(7)10(12)13-8/h1-4,6,8H,5H2. The van der Waals surface area contributed by atoms with Crippen molar-refractivity contribution in [3.8, 4) is 0 Å².